The summed E-state index contributed by atoms with van der Waals surface area (Å²) >= 11 is 0. The Labute approximate surface area is 118 Å². The SMILES string of the molecule is CCCc1c(O)nc(C(C)(C)c2ccccc2)[nH]c1=O. The van der Waals surface area contributed by atoms with Gasteiger partial charge in [0.15, 0.2) is 0 Å². The number of aromatic nitrogens is 2. The summed E-state index contributed by atoms with van der Waals surface area (Å²) in [6.07, 6.45) is 1.32. The molecule has 0 atom stereocenters. The van der Waals surface area contributed by atoms with E-state index in [9.17, 15) is 9.90 Å². The highest BCUT2D eigenvalue weighted by Gasteiger charge is 2.27. The maximum absolute atomic E-state index is 12.1. The van der Waals surface area contributed by atoms with Gasteiger partial charge in [-0.15, -0.1) is 0 Å². The van der Waals surface area contributed by atoms with E-state index in [-0.39, 0.29) is 11.4 Å². The molecule has 1 aromatic carbocycles. The zero-order valence-corrected chi connectivity index (χ0v) is 12.1. The number of hydrogen-bond donors (Lipinski definition) is 2. The molecule has 20 heavy (non-hydrogen) atoms. The van der Waals surface area contributed by atoms with Crippen LogP contribution in [0, 0.1) is 0 Å². The van der Waals surface area contributed by atoms with Gasteiger partial charge in [-0.3, -0.25) is 4.79 Å². The molecule has 0 amide bonds. The average molecular weight is 272 g/mol. The minimum Gasteiger partial charge on any atom is -0.493 e. The van der Waals surface area contributed by atoms with E-state index < -0.39 is 5.41 Å². The van der Waals surface area contributed by atoms with Crippen molar-refractivity contribution in [1.29, 1.82) is 0 Å². The van der Waals surface area contributed by atoms with Gasteiger partial charge in [0.05, 0.1) is 5.56 Å². The van der Waals surface area contributed by atoms with Crippen molar-refractivity contribution in [2.45, 2.75) is 39.0 Å². The molecule has 4 nitrogen and oxygen atoms in total. The number of nitrogens with one attached hydrogen (secondary N) is 1. The molecule has 0 aliphatic carbocycles. The van der Waals surface area contributed by atoms with Gasteiger partial charge < -0.3 is 10.1 Å². The molecule has 0 bridgehead atoms. The van der Waals surface area contributed by atoms with Crippen LogP contribution in [-0.4, -0.2) is 15.1 Å². The van der Waals surface area contributed by atoms with Gasteiger partial charge in [-0.2, -0.15) is 4.98 Å². The topological polar surface area (TPSA) is 66.0 Å². The molecule has 0 saturated heterocycles. The van der Waals surface area contributed by atoms with Gasteiger partial charge in [-0.05, 0) is 25.8 Å². The Kier molecular flexibility index (Phi) is 3.93. The first kappa shape index (κ1) is 14.3. The first-order valence-electron chi connectivity index (χ1n) is 6.85. The average Bonchev–Trinajstić information content (AvgIpc) is 2.43. The Morgan fingerprint density at radius 2 is 1.90 bits per heavy atom. The van der Waals surface area contributed by atoms with Gasteiger partial charge in [-0.1, -0.05) is 43.7 Å². The van der Waals surface area contributed by atoms with Gasteiger partial charge in [-0.25, -0.2) is 0 Å². The maximum Gasteiger partial charge on any atom is 0.257 e. The van der Waals surface area contributed by atoms with Crippen LogP contribution in [0.5, 0.6) is 5.88 Å². The Morgan fingerprint density at radius 3 is 2.45 bits per heavy atom. The molecule has 0 spiro atoms. The number of aromatic amines is 1. The molecule has 1 heterocycles. The van der Waals surface area contributed by atoms with Crippen LogP contribution in [0.15, 0.2) is 35.1 Å². The van der Waals surface area contributed by atoms with Crippen LogP contribution >= 0.6 is 0 Å². The number of nitrogens with zero attached hydrogens (tertiary/aromatic N) is 1. The molecule has 2 N–H and O–H groups in total. The van der Waals surface area contributed by atoms with Gasteiger partial charge in [0, 0.05) is 5.41 Å². The van der Waals surface area contributed by atoms with E-state index in [1.807, 2.05) is 51.1 Å². The van der Waals surface area contributed by atoms with Crippen molar-refractivity contribution >= 4 is 0 Å². The number of hydrogen-bond acceptors (Lipinski definition) is 3. The molecule has 0 aliphatic rings. The van der Waals surface area contributed by atoms with E-state index in [1.165, 1.54) is 0 Å². The summed E-state index contributed by atoms with van der Waals surface area (Å²) in [5.74, 6) is 0.320. The highest BCUT2D eigenvalue weighted by Crippen LogP contribution is 2.29. The monoisotopic (exact) mass is 272 g/mol. The van der Waals surface area contributed by atoms with Crippen LogP contribution < -0.4 is 5.56 Å². The zero-order valence-electron chi connectivity index (χ0n) is 12.1. The van der Waals surface area contributed by atoms with Gasteiger partial charge in [0.2, 0.25) is 5.88 Å². The number of H-pyrrole nitrogens is 1. The van der Waals surface area contributed by atoms with E-state index in [2.05, 4.69) is 9.97 Å². The molecule has 2 rings (SSSR count). The van der Waals surface area contributed by atoms with Gasteiger partial charge in [0.25, 0.3) is 5.56 Å². The lowest BCUT2D eigenvalue weighted by Gasteiger charge is -2.24. The summed E-state index contributed by atoms with van der Waals surface area (Å²) in [5, 5.41) is 9.98. The molecule has 0 aliphatic heterocycles. The maximum atomic E-state index is 12.1. The van der Waals surface area contributed by atoms with E-state index in [1.54, 1.807) is 0 Å². The first-order chi connectivity index (χ1) is 9.46. The molecular weight excluding hydrogens is 252 g/mol. The minimum atomic E-state index is -0.470. The van der Waals surface area contributed by atoms with Crippen molar-refractivity contribution in [3.63, 3.8) is 0 Å². The largest absolute Gasteiger partial charge is 0.493 e. The van der Waals surface area contributed by atoms with E-state index in [4.69, 9.17) is 0 Å². The molecule has 106 valence electrons. The molecule has 0 radical (unpaired) electrons. The van der Waals surface area contributed by atoms with Crippen molar-refractivity contribution in [2.24, 2.45) is 0 Å². The molecule has 4 heteroatoms. The van der Waals surface area contributed by atoms with E-state index in [0.29, 0.717) is 17.8 Å². The number of benzene rings is 1. The number of aromatic hydroxyl groups is 1. The van der Waals surface area contributed by atoms with Crippen molar-refractivity contribution in [2.75, 3.05) is 0 Å². The summed E-state index contributed by atoms with van der Waals surface area (Å²) in [7, 11) is 0. The van der Waals surface area contributed by atoms with Crippen LogP contribution in [0.1, 0.15) is 44.1 Å². The summed E-state index contributed by atoms with van der Waals surface area (Å²) in [5.41, 5.74) is 0.673. The Hall–Kier alpha value is -2.10. The van der Waals surface area contributed by atoms with Crippen molar-refractivity contribution in [1.82, 2.24) is 9.97 Å². The van der Waals surface area contributed by atoms with Crippen LogP contribution in [0.25, 0.3) is 0 Å². The first-order valence-corrected chi connectivity index (χ1v) is 6.85. The molecule has 0 fully saturated rings. The van der Waals surface area contributed by atoms with Crippen molar-refractivity contribution in [3.8, 4) is 5.88 Å². The predicted molar refractivity (Wildman–Crippen MR) is 79.1 cm³/mol. The highest BCUT2D eigenvalue weighted by molar-refractivity contribution is 5.33. The van der Waals surface area contributed by atoms with Crippen LogP contribution in [0.3, 0.4) is 0 Å². The standard InChI is InChI=1S/C16H20N2O2/c1-4-8-12-13(19)17-15(18-14(12)20)16(2,3)11-9-6-5-7-10-11/h5-7,9-10H,4,8H2,1-3H3,(H2,17,18,19,20). The van der Waals surface area contributed by atoms with Crippen LogP contribution in [0.4, 0.5) is 0 Å². The second-order valence-corrected chi connectivity index (χ2v) is 5.46. The minimum absolute atomic E-state index is 0.158. The molecular formula is C16H20N2O2. The third-order valence-electron chi connectivity index (χ3n) is 3.58. The predicted octanol–water partition coefficient (Wildman–Crippen LogP) is 2.75. The molecule has 0 saturated carbocycles. The lowest BCUT2D eigenvalue weighted by atomic mass is 9.83. The Balaban J connectivity index is 2.51. The summed E-state index contributed by atoms with van der Waals surface area (Å²) in [6, 6.07) is 9.80. The van der Waals surface area contributed by atoms with Crippen LogP contribution in [-0.2, 0) is 11.8 Å². The molecule has 2 aromatic rings. The fourth-order valence-corrected chi connectivity index (χ4v) is 2.25. The molecule has 1 aromatic heterocycles. The van der Waals surface area contributed by atoms with Gasteiger partial charge >= 0.3 is 0 Å². The van der Waals surface area contributed by atoms with Crippen molar-refractivity contribution in [3.05, 3.63) is 57.6 Å². The molecule has 0 unspecified atom stereocenters. The fraction of sp³-hybridized carbons (Fsp3) is 0.375. The quantitative estimate of drug-likeness (QED) is 0.899. The highest BCUT2D eigenvalue weighted by atomic mass is 16.3. The second-order valence-electron chi connectivity index (χ2n) is 5.46. The summed E-state index contributed by atoms with van der Waals surface area (Å²) in [4.78, 5) is 19.1. The zero-order chi connectivity index (χ0) is 14.8. The Bertz CT molecular complexity index is 645. The Morgan fingerprint density at radius 1 is 1.25 bits per heavy atom. The third kappa shape index (κ3) is 2.59. The lowest BCUT2D eigenvalue weighted by Crippen LogP contribution is -2.27. The van der Waals surface area contributed by atoms with E-state index in [0.717, 1.165) is 12.0 Å². The fourth-order valence-electron chi connectivity index (χ4n) is 2.25. The third-order valence-corrected chi connectivity index (χ3v) is 3.58. The second kappa shape index (κ2) is 5.49. The lowest BCUT2D eigenvalue weighted by molar-refractivity contribution is 0.430. The van der Waals surface area contributed by atoms with E-state index >= 15 is 0 Å². The van der Waals surface area contributed by atoms with Crippen molar-refractivity contribution < 1.29 is 5.11 Å². The number of rotatable bonds is 4. The normalized spacial score (nSPS) is 11.6. The smallest absolute Gasteiger partial charge is 0.257 e. The van der Waals surface area contributed by atoms with Crippen LogP contribution in [0.2, 0.25) is 0 Å². The van der Waals surface area contributed by atoms with Gasteiger partial charge in [0.1, 0.15) is 5.82 Å². The summed E-state index contributed by atoms with van der Waals surface area (Å²) < 4.78 is 0. The summed E-state index contributed by atoms with van der Waals surface area (Å²) in [6.45, 7) is 5.90.